The number of thiazole rings is 1. The van der Waals surface area contributed by atoms with Gasteiger partial charge in [-0.3, -0.25) is 13.9 Å². The zero-order valence-electron chi connectivity index (χ0n) is 15.8. The first-order chi connectivity index (χ1) is 13.3. The Hall–Kier alpha value is -2.39. The SMILES string of the molecule is Cc1nc2sccn2c(=O)c1S(=O)(=O)Nc1ccc(N2CCC(C)CC2)cc1. The van der Waals surface area contributed by atoms with Crippen LogP contribution in [0.15, 0.2) is 45.5 Å². The number of anilines is 2. The van der Waals surface area contributed by atoms with Gasteiger partial charge in [0, 0.05) is 36.0 Å². The number of aryl methyl sites for hydroxylation is 1. The number of aromatic nitrogens is 2. The first kappa shape index (κ1) is 18.9. The van der Waals surface area contributed by atoms with Gasteiger partial charge in [0.2, 0.25) is 0 Å². The minimum Gasteiger partial charge on any atom is -0.372 e. The monoisotopic (exact) mass is 418 g/mol. The molecule has 0 unspecified atom stereocenters. The summed E-state index contributed by atoms with van der Waals surface area (Å²) in [5.41, 5.74) is 1.10. The summed E-state index contributed by atoms with van der Waals surface area (Å²) in [6.45, 7) is 5.82. The topological polar surface area (TPSA) is 83.8 Å². The van der Waals surface area contributed by atoms with E-state index < -0.39 is 15.6 Å². The molecule has 3 aromatic rings. The van der Waals surface area contributed by atoms with Crippen LogP contribution in [-0.4, -0.2) is 30.9 Å². The molecule has 0 bridgehead atoms. The number of hydrogen-bond donors (Lipinski definition) is 1. The smallest absolute Gasteiger partial charge is 0.279 e. The molecule has 28 heavy (non-hydrogen) atoms. The van der Waals surface area contributed by atoms with E-state index in [1.54, 1.807) is 17.5 Å². The van der Waals surface area contributed by atoms with Gasteiger partial charge >= 0.3 is 0 Å². The Balaban J connectivity index is 1.59. The molecule has 0 saturated carbocycles. The van der Waals surface area contributed by atoms with E-state index in [1.807, 2.05) is 12.1 Å². The van der Waals surface area contributed by atoms with Gasteiger partial charge in [0.15, 0.2) is 9.86 Å². The molecular weight excluding hydrogens is 396 g/mol. The number of benzene rings is 1. The summed E-state index contributed by atoms with van der Waals surface area (Å²) in [5, 5.41) is 1.70. The minimum absolute atomic E-state index is 0.194. The molecule has 1 saturated heterocycles. The second kappa shape index (κ2) is 7.21. The molecule has 0 aliphatic carbocycles. The van der Waals surface area contributed by atoms with E-state index in [1.165, 1.54) is 28.9 Å². The molecule has 3 heterocycles. The van der Waals surface area contributed by atoms with E-state index in [0.717, 1.165) is 37.5 Å². The Morgan fingerprint density at radius 2 is 1.86 bits per heavy atom. The van der Waals surface area contributed by atoms with Crippen molar-refractivity contribution in [2.75, 3.05) is 22.7 Å². The van der Waals surface area contributed by atoms with Gasteiger partial charge in [-0.1, -0.05) is 6.92 Å². The first-order valence-corrected chi connectivity index (χ1v) is 11.6. The van der Waals surface area contributed by atoms with Crippen LogP contribution in [-0.2, 0) is 10.0 Å². The van der Waals surface area contributed by atoms with Crippen LogP contribution in [0.1, 0.15) is 25.5 Å². The average molecular weight is 419 g/mol. The maximum atomic E-state index is 12.9. The summed E-state index contributed by atoms with van der Waals surface area (Å²) in [7, 11) is -4.04. The van der Waals surface area contributed by atoms with E-state index in [-0.39, 0.29) is 10.6 Å². The van der Waals surface area contributed by atoms with Crippen molar-refractivity contribution >= 4 is 37.7 Å². The van der Waals surface area contributed by atoms with Gasteiger partial charge in [-0.15, -0.1) is 11.3 Å². The zero-order valence-corrected chi connectivity index (χ0v) is 17.4. The van der Waals surface area contributed by atoms with Crippen molar-refractivity contribution in [1.29, 1.82) is 0 Å². The van der Waals surface area contributed by atoms with Crippen molar-refractivity contribution in [2.24, 2.45) is 5.92 Å². The predicted molar refractivity (Wildman–Crippen MR) is 112 cm³/mol. The zero-order chi connectivity index (χ0) is 19.9. The molecule has 2 aromatic heterocycles. The molecule has 1 aliphatic heterocycles. The largest absolute Gasteiger partial charge is 0.372 e. The second-order valence-electron chi connectivity index (χ2n) is 7.21. The van der Waals surface area contributed by atoms with Crippen LogP contribution in [0.2, 0.25) is 0 Å². The highest BCUT2D eigenvalue weighted by Gasteiger charge is 2.24. The third kappa shape index (κ3) is 3.51. The van der Waals surface area contributed by atoms with Gasteiger partial charge in [0.25, 0.3) is 15.6 Å². The van der Waals surface area contributed by atoms with Gasteiger partial charge in [-0.25, -0.2) is 13.4 Å². The molecule has 9 heteroatoms. The minimum atomic E-state index is -4.04. The molecular formula is C19H22N4O3S2. The third-order valence-corrected chi connectivity index (χ3v) is 7.40. The highest BCUT2D eigenvalue weighted by molar-refractivity contribution is 7.92. The van der Waals surface area contributed by atoms with Gasteiger partial charge in [0.05, 0.1) is 5.69 Å². The van der Waals surface area contributed by atoms with E-state index >= 15 is 0 Å². The Bertz CT molecular complexity index is 1160. The lowest BCUT2D eigenvalue weighted by atomic mass is 9.99. The molecule has 0 amide bonds. The molecule has 0 radical (unpaired) electrons. The predicted octanol–water partition coefficient (Wildman–Crippen LogP) is 3.10. The van der Waals surface area contributed by atoms with Gasteiger partial charge in [-0.2, -0.15) is 0 Å². The maximum Gasteiger partial charge on any atom is 0.279 e. The van der Waals surface area contributed by atoms with E-state index in [0.29, 0.717) is 10.6 Å². The van der Waals surface area contributed by atoms with Crippen LogP contribution < -0.4 is 15.2 Å². The summed E-state index contributed by atoms with van der Waals surface area (Å²) in [5.74, 6) is 0.749. The van der Waals surface area contributed by atoms with Crippen molar-refractivity contribution in [3.05, 3.63) is 51.9 Å². The highest BCUT2D eigenvalue weighted by atomic mass is 32.2. The lowest BCUT2D eigenvalue weighted by Gasteiger charge is -2.32. The van der Waals surface area contributed by atoms with Gasteiger partial charge in [-0.05, 0) is 49.9 Å². The second-order valence-corrected chi connectivity index (χ2v) is 9.70. The van der Waals surface area contributed by atoms with Crippen molar-refractivity contribution in [3.8, 4) is 0 Å². The molecule has 148 valence electrons. The number of nitrogens with zero attached hydrogens (tertiary/aromatic N) is 3. The Morgan fingerprint density at radius 1 is 1.18 bits per heavy atom. The molecule has 0 atom stereocenters. The van der Waals surface area contributed by atoms with Crippen LogP contribution in [0.5, 0.6) is 0 Å². The number of piperidine rings is 1. The fourth-order valence-corrected chi connectivity index (χ4v) is 5.55. The Morgan fingerprint density at radius 3 is 2.54 bits per heavy atom. The summed E-state index contributed by atoms with van der Waals surface area (Å²) < 4.78 is 29.5. The number of nitrogens with one attached hydrogen (secondary N) is 1. The quantitative estimate of drug-likeness (QED) is 0.704. The van der Waals surface area contributed by atoms with Crippen LogP contribution in [0.4, 0.5) is 11.4 Å². The van der Waals surface area contributed by atoms with Crippen molar-refractivity contribution in [3.63, 3.8) is 0 Å². The summed E-state index contributed by atoms with van der Waals surface area (Å²) in [6.07, 6.45) is 3.85. The normalized spacial score (nSPS) is 15.9. The van der Waals surface area contributed by atoms with E-state index in [2.05, 4.69) is 21.5 Å². The van der Waals surface area contributed by atoms with Gasteiger partial charge < -0.3 is 4.90 Å². The molecule has 0 spiro atoms. The molecule has 1 N–H and O–H groups in total. The third-order valence-electron chi connectivity index (χ3n) is 5.13. The molecule has 1 fully saturated rings. The maximum absolute atomic E-state index is 12.9. The summed E-state index contributed by atoms with van der Waals surface area (Å²) in [4.78, 5) is 19.3. The molecule has 4 rings (SSSR count). The van der Waals surface area contributed by atoms with Crippen molar-refractivity contribution < 1.29 is 8.42 Å². The average Bonchev–Trinajstić information content (AvgIpc) is 3.11. The Kier molecular flexibility index (Phi) is 4.88. The van der Waals surface area contributed by atoms with Gasteiger partial charge in [0.1, 0.15) is 0 Å². The number of fused-ring (bicyclic) bond motifs is 1. The van der Waals surface area contributed by atoms with Crippen LogP contribution >= 0.6 is 11.3 Å². The number of rotatable bonds is 4. The standard InChI is InChI=1S/C19H22N4O3S2/c1-13-7-9-22(10-8-13)16-5-3-15(4-6-16)21-28(25,26)17-14(2)20-19-23(18(17)24)11-12-27-19/h3-6,11-13,21H,7-10H2,1-2H3. The molecule has 7 nitrogen and oxygen atoms in total. The fourth-order valence-electron chi connectivity index (χ4n) is 3.49. The lowest BCUT2D eigenvalue weighted by molar-refractivity contribution is 0.438. The number of sulfonamides is 1. The first-order valence-electron chi connectivity index (χ1n) is 9.19. The molecule has 1 aliphatic rings. The van der Waals surface area contributed by atoms with E-state index in [4.69, 9.17) is 0 Å². The number of hydrogen-bond acceptors (Lipinski definition) is 6. The van der Waals surface area contributed by atoms with Crippen molar-refractivity contribution in [1.82, 2.24) is 9.38 Å². The van der Waals surface area contributed by atoms with E-state index in [9.17, 15) is 13.2 Å². The van der Waals surface area contributed by atoms with Crippen molar-refractivity contribution in [2.45, 2.75) is 31.6 Å². The Labute approximate surface area is 167 Å². The highest BCUT2D eigenvalue weighted by Crippen LogP contribution is 2.25. The van der Waals surface area contributed by atoms with Crippen LogP contribution in [0.3, 0.4) is 0 Å². The lowest BCUT2D eigenvalue weighted by Crippen LogP contribution is -2.32. The van der Waals surface area contributed by atoms with Crippen LogP contribution in [0, 0.1) is 12.8 Å². The fraction of sp³-hybridized carbons (Fsp3) is 0.368. The summed E-state index contributed by atoms with van der Waals surface area (Å²) >= 11 is 1.29. The van der Waals surface area contributed by atoms with Crippen LogP contribution in [0.25, 0.3) is 4.96 Å². The molecule has 1 aromatic carbocycles. The summed E-state index contributed by atoms with van der Waals surface area (Å²) in [6, 6.07) is 7.28.